The highest BCUT2D eigenvalue weighted by Gasteiger charge is 2.67. The fraction of sp³-hybridized carbons (Fsp3) is 1.00. The molecular formula is C21H36O4. The third-order valence-corrected chi connectivity index (χ3v) is 9.37. The minimum absolute atomic E-state index is 0.00852. The van der Waals surface area contributed by atoms with Gasteiger partial charge in [0.2, 0.25) is 0 Å². The molecule has 0 aliphatic heterocycles. The molecule has 0 radical (unpaired) electrons. The molecular weight excluding hydrogens is 316 g/mol. The molecule has 4 aliphatic rings. The predicted octanol–water partition coefficient (Wildman–Crippen LogP) is 2.47. The Morgan fingerprint density at radius 1 is 0.960 bits per heavy atom. The van der Waals surface area contributed by atoms with Crippen LogP contribution in [0.25, 0.3) is 0 Å². The second-order valence-electron chi connectivity index (χ2n) is 10.2. The second-order valence-corrected chi connectivity index (χ2v) is 10.2. The van der Waals surface area contributed by atoms with Gasteiger partial charge in [-0.2, -0.15) is 0 Å². The summed E-state index contributed by atoms with van der Waals surface area (Å²) in [4.78, 5) is 0. The van der Waals surface area contributed by atoms with E-state index in [9.17, 15) is 20.4 Å². The third-order valence-electron chi connectivity index (χ3n) is 9.37. The zero-order valence-electron chi connectivity index (χ0n) is 15.8. The van der Waals surface area contributed by atoms with Gasteiger partial charge in [0.1, 0.15) is 0 Å². The predicted molar refractivity (Wildman–Crippen MR) is 95.8 cm³/mol. The lowest BCUT2D eigenvalue weighted by Gasteiger charge is -2.63. The van der Waals surface area contributed by atoms with Crippen LogP contribution in [0.5, 0.6) is 0 Å². The number of aliphatic hydroxyl groups is 4. The molecule has 0 amide bonds. The summed E-state index contributed by atoms with van der Waals surface area (Å²) in [5, 5.41) is 43.0. The lowest BCUT2D eigenvalue weighted by Crippen LogP contribution is -2.63. The Hall–Kier alpha value is -0.160. The van der Waals surface area contributed by atoms with E-state index in [1.165, 1.54) is 12.8 Å². The molecule has 0 spiro atoms. The number of fused-ring (bicyclic) bond motifs is 5. The summed E-state index contributed by atoms with van der Waals surface area (Å²) < 4.78 is 0. The fourth-order valence-corrected chi connectivity index (χ4v) is 8.18. The van der Waals surface area contributed by atoms with Crippen molar-refractivity contribution < 1.29 is 20.4 Å². The van der Waals surface area contributed by atoms with Crippen LogP contribution in [0.2, 0.25) is 0 Å². The third kappa shape index (κ3) is 2.33. The van der Waals surface area contributed by atoms with Gasteiger partial charge in [0.25, 0.3) is 0 Å². The molecule has 4 saturated carbocycles. The van der Waals surface area contributed by atoms with Crippen molar-refractivity contribution in [1.82, 2.24) is 0 Å². The molecule has 25 heavy (non-hydrogen) atoms. The number of aliphatic hydroxyl groups excluding tert-OH is 3. The highest BCUT2D eigenvalue weighted by Crippen LogP contribution is 2.68. The maximum Gasteiger partial charge on any atom is 0.0726 e. The molecule has 4 fully saturated rings. The van der Waals surface area contributed by atoms with Crippen molar-refractivity contribution in [1.29, 1.82) is 0 Å². The maximum absolute atomic E-state index is 11.3. The summed E-state index contributed by atoms with van der Waals surface area (Å²) in [7, 11) is 0. The van der Waals surface area contributed by atoms with E-state index in [1.807, 2.05) is 0 Å². The average Bonchev–Trinajstić information content (AvgIpc) is 2.78. The first-order chi connectivity index (χ1) is 11.8. The first-order valence-corrected chi connectivity index (χ1v) is 10.5. The molecule has 4 aliphatic carbocycles. The minimum Gasteiger partial charge on any atom is -0.396 e. The molecule has 0 saturated heterocycles. The SMILES string of the molecule is C[C@]12CCCCC1C(O)C[C@@H]1[C@@H]2C(O)C[C@@]2(C)[C@H]1CC[C@]2(O)CCO. The van der Waals surface area contributed by atoms with E-state index in [1.54, 1.807) is 0 Å². The lowest BCUT2D eigenvalue weighted by molar-refractivity contribution is -0.218. The molecule has 4 rings (SSSR count). The van der Waals surface area contributed by atoms with Crippen molar-refractivity contribution in [3.8, 4) is 0 Å². The van der Waals surface area contributed by atoms with Crippen molar-refractivity contribution in [2.24, 2.45) is 34.5 Å². The number of rotatable bonds is 2. The summed E-state index contributed by atoms with van der Waals surface area (Å²) in [6, 6.07) is 0. The van der Waals surface area contributed by atoms with Crippen LogP contribution in [0.3, 0.4) is 0 Å². The average molecular weight is 353 g/mol. The van der Waals surface area contributed by atoms with Crippen molar-refractivity contribution >= 4 is 0 Å². The zero-order valence-corrected chi connectivity index (χ0v) is 15.8. The van der Waals surface area contributed by atoms with E-state index in [0.29, 0.717) is 31.1 Å². The second kappa shape index (κ2) is 5.92. The smallest absolute Gasteiger partial charge is 0.0726 e. The molecule has 0 aromatic rings. The maximum atomic E-state index is 11.3. The summed E-state index contributed by atoms with van der Waals surface area (Å²) >= 11 is 0. The Morgan fingerprint density at radius 2 is 1.72 bits per heavy atom. The van der Waals surface area contributed by atoms with Crippen LogP contribution < -0.4 is 0 Å². The van der Waals surface area contributed by atoms with Crippen molar-refractivity contribution in [3.63, 3.8) is 0 Å². The monoisotopic (exact) mass is 352 g/mol. The van der Waals surface area contributed by atoms with E-state index >= 15 is 0 Å². The molecule has 0 aromatic heterocycles. The Bertz CT molecular complexity index is 524. The van der Waals surface area contributed by atoms with Crippen molar-refractivity contribution in [2.45, 2.75) is 89.4 Å². The molecule has 4 N–H and O–H groups in total. The molecule has 9 atom stereocenters. The molecule has 144 valence electrons. The fourth-order valence-electron chi connectivity index (χ4n) is 8.18. The lowest BCUT2D eigenvalue weighted by atomic mass is 9.43. The molecule has 4 heteroatoms. The number of hydrogen-bond donors (Lipinski definition) is 4. The molecule has 0 aromatic carbocycles. The highest BCUT2D eigenvalue weighted by atomic mass is 16.3. The first kappa shape index (κ1) is 18.2. The number of hydrogen-bond acceptors (Lipinski definition) is 4. The standard InChI is InChI=1S/C21H36O4/c1-19-7-4-3-5-15(19)16(23)11-13-14-6-8-21(25,9-10-22)20(14,2)12-17(24)18(13)19/h13-18,22-25H,3-12H2,1-2H3/t13-,14-,15?,16?,17?,18+,19-,20-,21-/m0/s1. The molecule has 4 nitrogen and oxygen atoms in total. The molecule has 0 bridgehead atoms. The first-order valence-electron chi connectivity index (χ1n) is 10.5. The quantitative estimate of drug-likeness (QED) is 0.615. The van der Waals surface area contributed by atoms with Crippen molar-refractivity contribution in [3.05, 3.63) is 0 Å². The molecule has 0 heterocycles. The summed E-state index contributed by atoms with van der Waals surface area (Å²) in [5.41, 5.74) is -1.21. The van der Waals surface area contributed by atoms with Crippen LogP contribution in [-0.2, 0) is 0 Å². The van der Waals surface area contributed by atoms with Crippen LogP contribution in [0, 0.1) is 34.5 Å². The van der Waals surface area contributed by atoms with Crippen LogP contribution in [0.15, 0.2) is 0 Å². The van der Waals surface area contributed by atoms with E-state index in [-0.39, 0.29) is 35.4 Å². The highest BCUT2D eigenvalue weighted by molar-refractivity contribution is 5.16. The van der Waals surface area contributed by atoms with E-state index in [0.717, 1.165) is 25.7 Å². The summed E-state index contributed by atoms with van der Waals surface area (Å²) in [6.07, 6.45) is 7.38. The van der Waals surface area contributed by atoms with Gasteiger partial charge in [0.15, 0.2) is 0 Å². The topological polar surface area (TPSA) is 80.9 Å². The van der Waals surface area contributed by atoms with Crippen LogP contribution in [0.4, 0.5) is 0 Å². The zero-order chi connectivity index (χ0) is 18.0. The van der Waals surface area contributed by atoms with E-state index < -0.39 is 11.7 Å². The van der Waals surface area contributed by atoms with Gasteiger partial charge < -0.3 is 20.4 Å². The molecule has 3 unspecified atom stereocenters. The van der Waals surface area contributed by atoms with Gasteiger partial charge in [-0.05, 0) is 74.0 Å². The van der Waals surface area contributed by atoms with Gasteiger partial charge in [0.05, 0.1) is 17.8 Å². The Morgan fingerprint density at radius 3 is 2.44 bits per heavy atom. The summed E-state index contributed by atoms with van der Waals surface area (Å²) in [5.74, 6) is 1.19. The van der Waals surface area contributed by atoms with Crippen LogP contribution >= 0.6 is 0 Å². The van der Waals surface area contributed by atoms with Crippen molar-refractivity contribution in [2.75, 3.05) is 6.61 Å². The normalized spacial score (nSPS) is 58.3. The minimum atomic E-state index is -0.881. The van der Waals surface area contributed by atoms with Gasteiger partial charge in [-0.3, -0.25) is 0 Å². The Kier molecular flexibility index (Phi) is 4.31. The summed E-state index contributed by atoms with van der Waals surface area (Å²) in [6.45, 7) is 4.43. The van der Waals surface area contributed by atoms with Gasteiger partial charge in [-0.25, -0.2) is 0 Å². The largest absolute Gasteiger partial charge is 0.396 e. The van der Waals surface area contributed by atoms with E-state index in [4.69, 9.17) is 0 Å². The Labute approximate surface area is 151 Å². The van der Waals surface area contributed by atoms with E-state index in [2.05, 4.69) is 13.8 Å². The van der Waals surface area contributed by atoms with Gasteiger partial charge >= 0.3 is 0 Å². The van der Waals surface area contributed by atoms with Gasteiger partial charge in [0, 0.05) is 12.0 Å². The van der Waals surface area contributed by atoms with Crippen LogP contribution in [0.1, 0.15) is 71.6 Å². The Balaban J connectivity index is 1.71. The van der Waals surface area contributed by atoms with Gasteiger partial charge in [-0.15, -0.1) is 0 Å². The van der Waals surface area contributed by atoms with Gasteiger partial charge in [-0.1, -0.05) is 26.7 Å². The van der Waals surface area contributed by atoms with Crippen LogP contribution in [-0.4, -0.2) is 44.8 Å².